The molecule has 0 aliphatic carbocycles. The van der Waals surface area contributed by atoms with Crippen LogP contribution in [0.1, 0.15) is 316 Å². The van der Waals surface area contributed by atoms with Crippen molar-refractivity contribution in [2.45, 2.75) is 328 Å². The van der Waals surface area contributed by atoms with E-state index >= 15 is 0 Å². The number of allylic oxidation sites excluding steroid dienone is 18. The summed E-state index contributed by atoms with van der Waals surface area (Å²) in [5.74, 6) is -2.29. The summed E-state index contributed by atoms with van der Waals surface area (Å²) < 4.78 is 22.8. The number of likely N-dealkylation sites (N-methyl/N-ethyl adjacent to an activating group) is 1. The summed E-state index contributed by atoms with van der Waals surface area (Å²) in [6, 6.07) is 0. The highest BCUT2D eigenvalue weighted by Crippen LogP contribution is 2.18. The predicted octanol–water partition coefficient (Wildman–Crippen LogP) is 21.6. The van der Waals surface area contributed by atoms with E-state index in [0.717, 1.165) is 103 Å². The second kappa shape index (κ2) is 68.9. The molecule has 0 saturated heterocycles. The Hall–Kier alpha value is -4.05. The second-order valence-corrected chi connectivity index (χ2v) is 25.5. The van der Waals surface area contributed by atoms with Gasteiger partial charge < -0.3 is 33.3 Å². The molecule has 2 atom stereocenters. The molecule has 88 heavy (non-hydrogen) atoms. The van der Waals surface area contributed by atoms with Crippen molar-refractivity contribution in [1.82, 2.24) is 0 Å². The van der Waals surface area contributed by atoms with Crippen molar-refractivity contribution < 1.29 is 42.9 Å². The van der Waals surface area contributed by atoms with Gasteiger partial charge in [-0.15, -0.1) is 0 Å². The van der Waals surface area contributed by atoms with Gasteiger partial charge in [0, 0.05) is 12.8 Å². The number of nitrogens with zero attached hydrogens (tertiary/aromatic N) is 1. The maximum Gasteiger partial charge on any atom is 0.306 e. The van der Waals surface area contributed by atoms with Crippen LogP contribution in [0.4, 0.5) is 0 Å². The van der Waals surface area contributed by atoms with E-state index < -0.39 is 24.3 Å². The Balaban J connectivity index is 4.15. The first-order valence-electron chi connectivity index (χ1n) is 36.5. The van der Waals surface area contributed by atoms with Gasteiger partial charge in [-0.3, -0.25) is 9.59 Å². The number of hydrogen-bond donors (Lipinski definition) is 0. The van der Waals surface area contributed by atoms with E-state index in [1.807, 2.05) is 21.1 Å². The van der Waals surface area contributed by atoms with Gasteiger partial charge in [-0.05, 0) is 83.5 Å². The zero-order valence-corrected chi connectivity index (χ0v) is 57.8. The van der Waals surface area contributed by atoms with Gasteiger partial charge in [0.15, 0.2) is 12.4 Å². The molecule has 0 fully saturated rings. The molecule has 506 valence electrons. The fraction of sp³-hybridized carbons (Fsp3) is 0.734. The average Bonchev–Trinajstić information content (AvgIpc) is 3.54. The maximum atomic E-state index is 12.9. The summed E-state index contributed by atoms with van der Waals surface area (Å²) in [7, 11) is 5.93. The summed E-state index contributed by atoms with van der Waals surface area (Å²) in [6.45, 7) is 4.65. The molecule has 0 heterocycles. The topological polar surface area (TPSA) is 111 Å². The molecule has 9 heteroatoms. The van der Waals surface area contributed by atoms with E-state index in [1.165, 1.54) is 180 Å². The van der Waals surface area contributed by atoms with E-state index in [-0.39, 0.29) is 38.6 Å². The van der Waals surface area contributed by atoms with Crippen molar-refractivity contribution in [3.05, 3.63) is 109 Å². The van der Waals surface area contributed by atoms with Gasteiger partial charge in [0.2, 0.25) is 0 Å². The average molecular weight is 1230 g/mol. The molecule has 0 bridgehead atoms. The molecule has 0 aromatic carbocycles. The van der Waals surface area contributed by atoms with E-state index in [1.54, 1.807) is 0 Å². The lowest BCUT2D eigenvalue weighted by molar-refractivity contribution is -0.870. The van der Waals surface area contributed by atoms with E-state index in [4.69, 9.17) is 18.9 Å². The molecule has 0 aromatic heterocycles. The van der Waals surface area contributed by atoms with Crippen LogP contribution in [-0.2, 0) is 33.3 Å². The van der Waals surface area contributed by atoms with Crippen molar-refractivity contribution in [3.8, 4) is 0 Å². The van der Waals surface area contributed by atoms with Crippen LogP contribution in [0.5, 0.6) is 0 Å². The summed E-state index contributed by atoms with van der Waals surface area (Å²) in [5.41, 5.74) is 0. The van der Waals surface area contributed by atoms with Gasteiger partial charge in [0.05, 0.1) is 40.3 Å². The molecule has 0 aliphatic rings. The fourth-order valence-electron chi connectivity index (χ4n) is 10.2. The quantitative estimate of drug-likeness (QED) is 0.0195. The molecular weight excluding hydrogens is 1090 g/mol. The highest BCUT2D eigenvalue weighted by Gasteiger charge is 2.22. The predicted molar refractivity (Wildman–Crippen MR) is 375 cm³/mol. The van der Waals surface area contributed by atoms with Crippen LogP contribution < -0.4 is 5.11 Å². The number of quaternary nitrogens is 1. The molecule has 0 N–H and O–H groups in total. The number of unbranched alkanes of at least 4 members (excludes halogenated alkanes) is 34. The summed E-state index contributed by atoms with van der Waals surface area (Å²) in [5, 5.41) is 11.8. The second-order valence-electron chi connectivity index (χ2n) is 25.5. The molecule has 0 amide bonds. The van der Waals surface area contributed by atoms with Crippen LogP contribution in [0.15, 0.2) is 109 Å². The largest absolute Gasteiger partial charge is 0.545 e. The molecule has 0 saturated carbocycles. The van der Waals surface area contributed by atoms with Crippen molar-refractivity contribution in [3.63, 3.8) is 0 Å². The summed E-state index contributed by atoms with van der Waals surface area (Å²) in [4.78, 5) is 37.5. The highest BCUT2D eigenvalue weighted by molar-refractivity contribution is 5.70. The Morgan fingerprint density at radius 2 is 0.648 bits per heavy atom. The number of carbonyl (C=O) groups excluding carboxylic acids is 3. The molecule has 2 unspecified atom stereocenters. The van der Waals surface area contributed by atoms with Gasteiger partial charge in [-0.25, -0.2) is 0 Å². The van der Waals surface area contributed by atoms with Crippen molar-refractivity contribution >= 4 is 17.9 Å². The standard InChI is InChI=1S/C79H137NO8/c1-6-8-10-12-14-16-18-20-22-24-26-28-30-32-34-36-37-38-39-40-41-42-44-46-48-50-52-54-56-58-60-62-64-66-68-70-77(82)88-75(74-87-79(78(83)84)85-72-71-80(3,4)5)73-86-76(81)69-67-65-63-61-59-57-55-53-51-49-47-45-43-35-33-31-29-27-25-23-21-19-17-15-13-11-9-7-2/h8,10,14,16,20,22,26,28,32,34,37-38,40-41,44,46,50,52,75,79H,6-7,9,11-13,15,17-19,21,23-25,27,29-31,33,35-36,39,42-43,45,47-49,51,53-74H2,1-5H3/b10-8-,16-14-,22-20-,28-26-,34-32-,38-37-,41-40-,46-44-,52-50-. The molecule has 0 aliphatic heterocycles. The van der Waals surface area contributed by atoms with E-state index in [2.05, 4.69) is 123 Å². The lowest BCUT2D eigenvalue weighted by Crippen LogP contribution is -2.44. The van der Waals surface area contributed by atoms with Gasteiger partial charge in [0.25, 0.3) is 0 Å². The minimum Gasteiger partial charge on any atom is -0.545 e. The maximum absolute atomic E-state index is 12.9. The Labute approximate surface area is 543 Å². The number of esters is 2. The SMILES string of the molecule is CC/C=C\C/C=C\C/C=C\C/C=C\C/C=C\C/C=C\C/C=C\C/C=C\C/C=C\CCCCCCCCCC(=O)OC(COC(=O)CCCCCCCCCCCCCCCCCCCCCCCCCCCCCC)COC(OCC[N+](C)(C)C)C(=O)[O-]. The molecular formula is C79H137NO8. The first-order chi connectivity index (χ1) is 43.1. The van der Waals surface area contributed by atoms with Gasteiger partial charge in [-0.2, -0.15) is 0 Å². The lowest BCUT2D eigenvalue weighted by atomic mass is 10.0. The number of rotatable bonds is 67. The third kappa shape index (κ3) is 69.4. The first kappa shape index (κ1) is 84.0. The number of carboxylic acid groups (broad SMARTS) is 1. The number of aliphatic carboxylic acids is 1. The number of carboxylic acids is 1. The zero-order chi connectivity index (χ0) is 64.0. The van der Waals surface area contributed by atoms with Gasteiger partial charge in [0.1, 0.15) is 13.2 Å². The van der Waals surface area contributed by atoms with Crippen molar-refractivity contribution in [2.75, 3.05) is 47.5 Å². The van der Waals surface area contributed by atoms with Crippen molar-refractivity contribution in [2.24, 2.45) is 0 Å². The van der Waals surface area contributed by atoms with Gasteiger partial charge >= 0.3 is 11.9 Å². The highest BCUT2D eigenvalue weighted by atomic mass is 16.7. The van der Waals surface area contributed by atoms with E-state index in [9.17, 15) is 19.5 Å². The van der Waals surface area contributed by atoms with Crippen LogP contribution in [0.3, 0.4) is 0 Å². The number of ether oxygens (including phenoxy) is 4. The molecule has 9 nitrogen and oxygen atoms in total. The normalized spacial score (nSPS) is 13.3. The Bertz CT molecular complexity index is 1810. The fourth-order valence-corrected chi connectivity index (χ4v) is 10.2. The number of hydrogen-bond acceptors (Lipinski definition) is 8. The monoisotopic (exact) mass is 1230 g/mol. The van der Waals surface area contributed by atoms with Crippen molar-refractivity contribution in [1.29, 1.82) is 0 Å². The van der Waals surface area contributed by atoms with Gasteiger partial charge in [-0.1, -0.05) is 329 Å². The minimum atomic E-state index is -1.63. The third-order valence-corrected chi connectivity index (χ3v) is 15.8. The van der Waals surface area contributed by atoms with Crippen LogP contribution in [0, 0.1) is 0 Å². The van der Waals surface area contributed by atoms with E-state index in [0.29, 0.717) is 17.4 Å². The van der Waals surface area contributed by atoms with Crippen LogP contribution >= 0.6 is 0 Å². The Morgan fingerprint density at radius 1 is 0.352 bits per heavy atom. The zero-order valence-electron chi connectivity index (χ0n) is 57.8. The molecule has 0 spiro atoms. The first-order valence-corrected chi connectivity index (χ1v) is 36.5. The summed E-state index contributed by atoms with van der Waals surface area (Å²) >= 11 is 0. The third-order valence-electron chi connectivity index (χ3n) is 15.8. The number of carbonyl (C=O) groups is 3. The minimum absolute atomic E-state index is 0.142. The Kier molecular flexibility index (Phi) is 65.7. The molecule has 0 rings (SSSR count). The van der Waals surface area contributed by atoms with Crippen LogP contribution in [0.2, 0.25) is 0 Å². The lowest BCUT2D eigenvalue weighted by Gasteiger charge is -2.26. The summed E-state index contributed by atoms with van der Waals surface area (Å²) in [6.07, 6.45) is 93.2. The van der Waals surface area contributed by atoms with Crippen LogP contribution in [0.25, 0.3) is 0 Å². The smallest absolute Gasteiger partial charge is 0.306 e. The van der Waals surface area contributed by atoms with Crippen LogP contribution in [-0.4, -0.2) is 82.3 Å². The molecule has 0 radical (unpaired) electrons. The molecule has 0 aromatic rings. The Morgan fingerprint density at radius 3 is 0.966 bits per heavy atom.